The van der Waals surface area contributed by atoms with Gasteiger partial charge in [-0.1, -0.05) is 31.7 Å². The molecular formula is C15H22N2O3S. The maximum atomic E-state index is 12.2. The highest BCUT2D eigenvalue weighted by Gasteiger charge is 2.40. The number of carboxylic acids is 1. The minimum absolute atomic E-state index is 0.123. The van der Waals surface area contributed by atoms with Gasteiger partial charge in [0.25, 0.3) is 0 Å². The molecule has 0 bridgehead atoms. The summed E-state index contributed by atoms with van der Waals surface area (Å²) in [5.41, 5.74) is -1.12. The van der Waals surface area contributed by atoms with Gasteiger partial charge in [0.2, 0.25) is 0 Å². The molecule has 3 N–H and O–H groups in total. The van der Waals surface area contributed by atoms with Gasteiger partial charge >= 0.3 is 12.0 Å². The fourth-order valence-corrected chi connectivity index (χ4v) is 3.52. The van der Waals surface area contributed by atoms with Crippen LogP contribution in [0.2, 0.25) is 0 Å². The molecule has 1 atom stereocenters. The van der Waals surface area contributed by atoms with E-state index in [-0.39, 0.29) is 6.04 Å². The Hall–Kier alpha value is -1.56. The van der Waals surface area contributed by atoms with E-state index in [1.165, 1.54) is 0 Å². The van der Waals surface area contributed by atoms with Gasteiger partial charge in [0.15, 0.2) is 0 Å². The fraction of sp³-hybridized carbons (Fsp3) is 0.600. The number of amides is 2. The van der Waals surface area contributed by atoms with Gasteiger partial charge in [-0.25, -0.2) is 9.59 Å². The Kier molecular flexibility index (Phi) is 5.22. The van der Waals surface area contributed by atoms with Crippen LogP contribution in [-0.2, 0) is 4.79 Å². The lowest BCUT2D eigenvalue weighted by Crippen LogP contribution is -2.57. The molecule has 1 unspecified atom stereocenters. The molecule has 2 amide bonds. The molecule has 116 valence electrons. The van der Waals surface area contributed by atoms with Crippen LogP contribution in [0.5, 0.6) is 0 Å². The second kappa shape index (κ2) is 6.93. The SMILES string of the molecule is CC(NC(=O)NC1(C(=O)O)CCCCCC1)c1cccs1. The molecule has 1 fully saturated rings. The van der Waals surface area contributed by atoms with Gasteiger partial charge in [0.05, 0.1) is 6.04 Å². The van der Waals surface area contributed by atoms with E-state index < -0.39 is 17.5 Å². The monoisotopic (exact) mass is 310 g/mol. The predicted octanol–water partition coefficient (Wildman–Crippen LogP) is 3.29. The van der Waals surface area contributed by atoms with Crippen LogP contribution >= 0.6 is 11.3 Å². The quantitative estimate of drug-likeness (QED) is 0.747. The number of rotatable bonds is 4. The topological polar surface area (TPSA) is 78.4 Å². The molecule has 0 spiro atoms. The summed E-state index contributed by atoms with van der Waals surface area (Å²) in [5.74, 6) is -0.927. The molecule has 0 aliphatic heterocycles. The zero-order valence-electron chi connectivity index (χ0n) is 12.2. The molecule has 1 aliphatic carbocycles. The third-order valence-electron chi connectivity index (χ3n) is 4.04. The Labute approximate surface area is 128 Å². The van der Waals surface area contributed by atoms with Gasteiger partial charge in [-0.05, 0) is 31.2 Å². The summed E-state index contributed by atoms with van der Waals surface area (Å²) >= 11 is 1.57. The Bertz CT molecular complexity index is 479. The van der Waals surface area contributed by atoms with Gasteiger partial charge in [-0.3, -0.25) is 0 Å². The number of urea groups is 1. The highest BCUT2D eigenvalue weighted by Crippen LogP contribution is 2.27. The standard InChI is InChI=1S/C15H22N2O3S/c1-11(12-7-6-10-21-12)16-14(20)17-15(13(18)19)8-4-2-3-5-9-15/h6-7,10-11H,2-5,8-9H2,1H3,(H,18,19)(H2,16,17,20). The van der Waals surface area contributed by atoms with Crippen LogP contribution in [0.4, 0.5) is 4.79 Å². The Morgan fingerprint density at radius 2 is 1.95 bits per heavy atom. The van der Waals surface area contributed by atoms with E-state index in [2.05, 4.69) is 10.6 Å². The number of thiophene rings is 1. The van der Waals surface area contributed by atoms with Gasteiger partial charge in [-0.2, -0.15) is 0 Å². The molecule has 1 aromatic heterocycles. The minimum Gasteiger partial charge on any atom is -0.480 e. The molecule has 1 heterocycles. The summed E-state index contributed by atoms with van der Waals surface area (Å²) in [4.78, 5) is 24.8. The number of carboxylic acid groups (broad SMARTS) is 1. The fourth-order valence-electron chi connectivity index (χ4n) is 2.78. The van der Waals surface area contributed by atoms with E-state index in [0.29, 0.717) is 12.8 Å². The zero-order chi connectivity index (χ0) is 15.3. The molecule has 2 rings (SSSR count). The van der Waals surface area contributed by atoms with Crippen molar-refractivity contribution >= 4 is 23.3 Å². The van der Waals surface area contributed by atoms with Crippen molar-refractivity contribution in [3.63, 3.8) is 0 Å². The Morgan fingerprint density at radius 3 is 2.48 bits per heavy atom. The lowest BCUT2D eigenvalue weighted by atomic mass is 9.90. The highest BCUT2D eigenvalue weighted by molar-refractivity contribution is 7.10. The first-order valence-corrected chi connectivity index (χ1v) is 8.27. The largest absolute Gasteiger partial charge is 0.480 e. The van der Waals surface area contributed by atoms with Crippen LogP contribution in [0.25, 0.3) is 0 Å². The van der Waals surface area contributed by atoms with E-state index in [1.54, 1.807) is 11.3 Å². The second-order valence-electron chi connectivity index (χ2n) is 5.64. The van der Waals surface area contributed by atoms with Crippen molar-refractivity contribution in [1.82, 2.24) is 10.6 Å². The molecule has 1 aromatic rings. The maximum absolute atomic E-state index is 12.2. The predicted molar refractivity (Wildman–Crippen MR) is 82.5 cm³/mol. The third kappa shape index (κ3) is 3.97. The smallest absolute Gasteiger partial charge is 0.329 e. The molecule has 5 nitrogen and oxygen atoms in total. The minimum atomic E-state index is -1.12. The lowest BCUT2D eigenvalue weighted by molar-refractivity contribution is -0.145. The second-order valence-corrected chi connectivity index (χ2v) is 6.62. The molecule has 1 aliphatic rings. The van der Waals surface area contributed by atoms with Crippen LogP contribution in [0.15, 0.2) is 17.5 Å². The van der Waals surface area contributed by atoms with Gasteiger partial charge in [-0.15, -0.1) is 11.3 Å². The van der Waals surface area contributed by atoms with Crippen LogP contribution < -0.4 is 10.6 Å². The van der Waals surface area contributed by atoms with Crippen molar-refractivity contribution in [2.24, 2.45) is 0 Å². The zero-order valence-corrected chi connectivity index (χ0v) is 13.0. The van der Waals surface area contributed by atoms with Crippen LogP contribution in [0, 0.1) is 0 Å². The molecule has 1 saturated carbocycles. The van der Waals surface area contributed by atoms with Crippen LogP contribution in [0.1, 0.15) is 56.4 Å². The average molecular weight is 310 g/mol. The van der Waals surface area contributed by atoms with Crippen molar-refractivity contribution in [1.29, 1.82) is 0 Å². The van der Waals surface area contributed by atoms with E-state index >= 15 is 0 Å². The Morgan fingerprint density at radius 1 is 1.29 bits per heavy atom. The van der Waals surface area contributed by atoms with E-state index in [0.717, 1.165) is 30.6 Å². The Balaban J connectivity index is 1.99. The first-order chi connectivity index (χ1) is 10.0. The average Bonchev–Trinajstić information content (AvgIpc) is 2.86. The number of hydrogen-bond donors (Lipinski definition) is 3. The van der Waals surface area contributed by atoms with Crippen molar-refractivity contribution < 1.29 is 14.7 Å². The number of carbonyl (C=O) groups excluding carboxylic acids is 1. The molecular weight excluding hydrogens is 288 g/mol. The molecule has 0 radical (unpaired) electrons. The van der Waals surface area contributed by atoms with Crippen LogP contribution in [-0.4, -0.2) is 22.6 Å². The molecule has 0 aromatic carbocycles. The lowest BCUT2D eigenvalue weighted by Gasteiger charge is -2.30. The number of aliphatic carboxylic acids is 1. The van der Waals surface area contributed by atoms with Gasteiger partial charge in [0.1, 0.15) is 5.54 Å². The normalized spacial score (nSPS) is 19.3. The van der Waals surface area contributed by atoms with Crippen molar-refractivity contribution in [3.8, 4) is 0 Å². The summed E-state index contributed by atoms with van der Waals surface area (Å²) in [6.45, 7) is 1.89. The summed E-state index contributed by atoms with van der Waals surface area (Å²) in [5, 5.41) is 17.0. The third-order valence-corrected chi connectivity index (χ3v) is 5.09. The number of nitrogens with one attached hydrogen (secondary N) is 2. The molecule has 0 saturated heterocycles. The summed E-state index contributed by atoms with van der Waals surface area (Å²) < 4.78 is 0. The molecule has 21 heavy (non-hydrogen) atoms. The molecule has 6 heteroatoms. The summed E-state index contributed by atoms with van der Waals surface area (Å²) in [6.07, 6.45) is 4.75. The summed E-state index contributed by atoms with van der Waals surface area (Å²) in [7, 11) is 0. The van der Waals surface area contributed by atoms with E-state index in [4.69, 9.17) is 0 Å². The van der Waals surface area contributed by atoms with Crippen molar-refractivity contribution in [2.75, 3.05) is 0 Å². The van der Waals surface area contributed by atoms with Crippen LogP contribution in [0.3, 0.4) is 0 Å². The van der Waals surface area contributed by atoms with E-state index in [9.17, 15) is 14.7 Å². The van der Waals surface area contributed by atoms with Crippen molar-refractivity contribution in [2.45, 2.75) is 57.0 Å². The van der Waals surface area contributed by atoms with Crippen molar-refractivity contribution in [3.05, 3.63) is 22.4 Å². The number of hydrogen-bond acceptors (Lipinski definition) is 3. The number of carbonyl (C=O) groups is 2. The maximum Gasteiger partial charge on any atom is 0.329 e. The van der Waals surface area contributed by atoms with Gasteiger partial charge in [0, 0.05) is 4.88 Å². The van der Waals surface area contributed by atoms with E-state index in [1.807, 2.05) is 24.4 Å². The first kappa shape index (κ1) is 15.8. The highest BCUT2D eigenvalue weighted by atomic mass is 32.1. The first-order valence-electron chi connectivity index (χ1n) is 7.39. The summed E-state index contributed by atoms with van der Waals surface area (Å²) in [6, 6.07) is 3.36. The van der Waals surface area contributed by atoms with Gasteiger partial charge < -0.3 is 15.7 Å².